The average Bonchev–Trinajstić information content (AvgIpc) is 2.35. The monoisotopic (exact) mass is 283 g/mol. The number of aromatic carboxylic acids is 1. The number of nitrogens with zero attached hydrogens (tertiary/aromatic N) is 1. The van der Waals surface area contributed by atoms with Gasteiger partial charge in [0.2, 0.25) is 0 Å². The van der Waals surface area contributed by atoms with Crippen LogP contribution in [0.15, 0.2) is 18.2 Å². The third kappa shape index (κ3) is 4.51. The number of carboxylic acids is 1. The van der Waals surface area contributed by atoms with Gasteiger partial charge in [-0.15, -0.1) is 0 Å². The zero-order valence-electron chi connectivity index (χ0n) is 11.6. The van der Waals surface area contributed by atoms with Gasteiger partial charge in [0.15, 0.2) is 0 Å². The zero-order chi connectivity index (χ0) is 15.3. The van der Waals surface area contributed by atoms with Gasteiger partial charge >= 0.3 is 12.0 Å². The maximum absolute atomic E-state index is 13.4. The quantitative estimate of drug-likeness (QED) is 0.766. The highest BCUT2D eigenvalue weighted by atomic mass is 19.1. The van der Waals surface area contributed by atoms with Crippen LogP contribution in [0.4, 0.5) is 14.9 Å². The summed E-state index contributed by atoms with van der Waals surface area (Å²) in [4.78, 5) is 24.2. The van der Waals surface area contributed by atoms with E-state index in [1.807, 2.05) is 25.9 Å². The molecule has 0 aliphatic rings. The SMILES string of the molecule is CC(CNC(=O)Nc1ccc(C(=O)O)c(F)c1)N(C)C. The number of carboxylic acid groups (broad SMARTS) is 1. The van der Waals surface area contributed by atoms with Crippen molar-refractivity contribution < 1.29 is 19.1 Å². The Kier molecular flexibility index (Phi) is 5.45. The van der Waals surface area contributed by atoms with Crippen LogP contribution in [0.3, 0.4) is 0 Å². The first kappa shape index (κ1) is 15.9. The number of carbonyl (C=O) groups is 2. The predicted octanol–water partition coefficient (Wildman–Crippen LogP) is 1.60. The minimum absolute atomic E-state index is 0.159. The van der Waals surface area contributed by atoms with Crippen LogP contribution < -0.4 is 10.6 Å². The molecule has 1 aromatic carbocycles. The van der Waals surface area contributed by atoms with Crippen molar-refractivity contribution in [3.8, 4) is 0 Å². The molecular formula is C13H18FN3O3. The van der Waals surface area contributed by atoms with Gasteiger partial charge in [-0.05, 0) is 39.2 Å². The highest BCUT2D eigenvalue weighted by molar-refractivity contribution is 5.91. The minimum atomic E-state index is -1.35. The summed E-state index contributed by atoms with van der Waals surface area (Å²) in [6.45, 7) is 2.39. The van der Waals surface area contributed by atoms with Crippen molar-refractivity contribution in [2.45, 2.75) is 13.0 Å². The third-order valence-electron chi connectivity index (χ3n) is 2.90. The van der Waals surface area contributed by atoms with Crippen molar-refractivity contribution in [2.24, 2.45) is 0 Å². The normalized spacial score (nSPS) is 12.1. The fourth-order valence-corrected chi connectivity index (χ4v) is 1.36. The van der Waals surface area contributed by atoms with E-state index < -0.39 is 23.4 Å². The van der Waals surface area contributed by atoms with Gasteiger partial charge in [-0.2, -0.15) is 0 Å². The van der Waals surface area contributed by atoms with Gasteiger partial charge in [-0.3, -0.25) is 0 Å². The molecule has 0 saturated carbocycles. The molecule has 0 aliphatic heterocycles. The number of hydrogen-bond acceptors (Lipinski definition) is 3. The molecule has 1 aromatic rings. The van der Waals surface area contributed by atoms with E-state index in [-0.39, 0.29) is 11.7 Å². The van der Waals surface area contributed by atoms with E-state index in [0.29, 0.717) is 6.54 Å². The smallest absolute Gasteiger partial charge is 0.338 e. The van der Waals surface area contributed by atoms with Crippen LogP contribution in [0.25, 0.3) is 0 Å². The van der Waals surface area contributed by atoms with E-state index >= 15 is 0 Å². The topological polar surface area (TPSA) is 81.7 Å². The molecule has 110 valence electrons. The number of carbonyl (C=O) groups excluding carboxylic acids is 1. The maximum Gasteiger partial charge on any atom is 0.338 e. The summed E-state index contributed by atoms with van der Waals surface area (Å²) in [5.41, 5.74) is -0.236. The van der Waals surface area contributed by atoms with Crippen LogP contribution in [0.5, 0.6) is 0 Å². The minimum Gasteiger partial charge on any atom is -0.478 e. The molecule has 7 heteroatoms. The van der Waals surface area contributed by atoms with Gasteiger partial charge in [-0.25, -0.2) is 14.0 Å². The van der Waals surface area contributed by atoms with Crippen LogP contribution >= 0.6 is 0 Å². The van der Waals surface area contributed by atoms with Gasteiger partial charge in [-0.1, -0.05) is 0 Å². The van der Waals surface area contributed by atoms with Gasteiger partial charge < -0.3 is 20.6 Å². The molecule has 3 N–H and O–H groups in total. The lowest BCUT2D eigenvalue weighted by Gasteiger charge is -2.20. The molecule has 1 rings (SSSR count). The van der Waals surface area contributed by atoms with Gasteiger partial charge in [0.1, 0.15) is 5.82 Å². The summed E-state index contributed by atoms with van der Waals surface area (Å²) in [6, 6.07) is 3.10. The first-order valence-corrected chi connectivity index (χ1v) is 6.05. The van der Waals surface area contributed by atoms with Crippen LogP contribution in [0.1, 0.15) is 17.3 Å². The van der Waals surface area contributed by atoms with Crippen molar-refractivity contribution in [1.82, 2.24) is 10.2 Å². The lowest BCUT2D eigenvalue weighted by molar-refractivity contribution is 0.0692. The second-order valence-electron chi connectivity index (χ2n) is 4.65. The number of hydrogen-bond donors (Lipinski definition) is 3. The summed E-state index contributed by atoms with van der Waals surface area (Å²) in [6.07, 6.45) is 0. The second-order valence-corrected chi connectivity index (χ2v) is 4.65. The van der Waals surface area contributed by atoms with Crippen molar-refractivity contribution in [2.75, 3.05) is 26.0 Å². The molecule has 0 radical (unpaired) electrons. The fraction of sp³-hybridized carbons (Fsp3) is 0.385. The molecule has 20 heavy (non-hydrogen) atoms. The molecule has 1 atom stereocenters. The number of anilines is 1. The Balaban J connectivity index is 2.58. The lowest BCUT2D eigenvalue weighted by atomic mass is 10.2. The third-order valence-corrected chi connectivity index (χ3v) is 2.90. The zero-order valence-corrected chi connectivity index (χ0v) is 11.6. The van der Waals surface area contributed by atoms with Crippen LogP contribution in [0.2, 0.25) is 0 Å². The molecule has 0 saturated heterocycles. The Hall–Kier alpha value is -2.15. The number of rotatable bonds is 5. The van der Waals surface area contributed by atoms with E-state index in [0.717, 1.165) is 12.1 Å². The number of urea groups is 1. The molecule has 0 spiro atoms. The molecule has 2 amide bonds. The van der Waals surface area contributed by atoms with E-state index in [1.165, 1.54) is 6.07 Å². The first-order valence-electron chi connectivity index (χ1n) is 6.05. The summed E-state index contributed by atoms with van der Waals surface area (Å²) >= 11 is 0. The van der Waals surface area contributed by atoms with Crippen LogP contribution in [0, 0.1) is 5.82 Å². The van der Waals surface area contributed by atoms with E-state index in [2.05, 4.69) is 10.6 Å². The molecule has 0 fully saturated rings. The molecule has 0 aromatic heterocycles. The first-order chi connectivity index (χ1) is 9.31. The van der Waals surface area contributed by atoms with Gasteiger partial charge in [0.05, 0.1) is 5.56 Å². The fourth-order valence-electron chi connectivity index (χ4n) is 1.36. The number of nitrogens with one attached hydrogen (secondary N) is 2. The molecule has 0 aliphatic carbocycles. The highest BCUT2D eigenvalue weighted by Gasteiger charge is 2.12. The number of benzene rings is 1. The Bertz CT molecular complexity index is 506. The van der Waals surface area contributed by atoms with Crippen LogP contribution in [-0.2, 0) is 0 Å². The van der Waals surface area contributed by atoms with Crippen molar-refractivity contribution >= 4 is 17.7 Å². The maximum atomic E-state index is 13.4. The summed E-state index contributed by atoms with van der Waals surface area (Å²) in [5.74, 6) is -2.24. The standard InChI is InChI=1S/C13H18FN3O3/c1-8(17(2)3)7-15-13(20)16-9-4-5-10(12(18)19)11(14)6-9/h4-6,8H,7H2,1-3H3,(H,18,19)(H2,15,16,20). The van der Waals surface area contributed by atoms with Crippen molar-refractivity contribution in [3.05, 3.63) is 29.6 Å². The Morgan fingerprint density at radius 1 is 1.40 bits per heavy atom. The molecule has 6 nitrogen and oxygen atoms in total. The van der Waals surface area contributed by atoms with E-state index in [9.17, 15) is 14.0 Å². The molecule has 0 heterocycles. The number of amides is 2. The van der Waals surface area contributed by atoms with Gasteiger partial charge in [0, 0.05) is 18.3 Å². The van der Waals surface area contributed by atoms with Crippen molar-refractivity contribution in [3.63, 3.8) is 0 Å². The Morgan fingerprint density at radius 2 is 2.05 bits per heavy atom. The largest absolute Gasteiger partial charge is 0.478 e. The molecular weight excluding hydrogens is 265 g/mol. The van der Waals surface area contributed by atoms with Gasteiger partial charge in [0.25, 0.3) is 0 Å². The average molecular weight is 283 g/mol. The lowest BCUT2D eigenvalue weighted by Crippen LogP contribution is -2.40. The summed E-state index contributed by atoms with van der Waals surface area (Å²) < 4.78 is 13.4. The van der Waals surface area contributed by atoms with Crippen molar-refractivity contribution in [1.29, 1.82) is 0 Å². The highest BCUT2D eigenvalue weighted by Crippen LogP contribution is 2.14. The Labute approximate surface area is 116 Å². The summed E-state index contributed by atoms with van der Waals surface area (Å²) in [7, 11) is 3.79. The Morgan fingerprint density at radius 3 is 2.55 bits per heavy atom. The van der Waals surface area contributed by atoms with E-state index in [1.54, 1.807) is 0 Å². The summed E-state index contributed by atoms with van der Waals surface area (Å²) in [5, 5.41) is 13.8. The second kappa shape index (κ2) is 6.85. The molecule has 0 bridgehead atoms. The van der Waals surface area contributed by atoms with Crippen LogP contribution in [-0.4, -0.2) is 48.7 Å². The molecule has 1 unspecified atom stereocenters. The number of halogens is 1. The predicted molar refractivity (Wildman–Crippen MR) is 73.5 cm³/mol. The number of likely N-dealkylation sites (N-methyl/N-ethyl adjacent to an activating group) is 1. The van der Waals surface area contributed by atoms with E-state index in [4.69, 9.17) is 5.11 Å².